The number of aromatic nitrogens is 6. The Labute approximate surface area is 242 Å². The third-order valence-corrected chi connectivity index (χ3v) is 7.55. The summed E-state index contributed by atoms with van der Waals surface area (Å²) in [7, 11) is 1.46. The lowest BCUT2D eigenvalue weighted by Crippen LogP contribution is -2.49. The van der Waals surface area contributed by atoms with Crippen molar-refractivity contribution in [1.82, 2.24) is 45.1 Å². The first-order chi connectivity index (χ1) is 19.7. The van der Waals surface area contributed by atoms with Crippen LogP contribution in [-0.2, 0) is 23.2 Å². The van der Waals surface area contributed by atoms with Crippen LogP contribution in [0.25, 0.3) is 11.4 Å². The molecule has 3 N–H and O–H groups in total. The Morgan fingerprint density at radius 3 is 2.49 bits per heavy atom. The number of fused-ring (bicyclic) bond motifs is 1. The number of aryl methyl sites for hydroxylation is 1. The van der Waals surface area contributed by atoms with Crippen molar-refractivity contribution in [2.75, 3.05) is 25.1 Å². The monoisotopic (exact) mass is 583 g/mol. The quantitative estimate of drug-likeness (QED) is 0.392. The molecular formula is C27H37N9O4S. The molecular weight excluding hydrogens is 546 g/mol. The van der Waals surface area contributed by atoms with Crippen LogP contribution in [0.5, 0.6) is 0 Å². The molecule has 2 atom stereocenters. The topological polar surface area (TPSA) is 160 Å². The number of thioether (sulfide) groups is 1. The van der Waals surface area contributed by atoms with Gasteiger partial charge in [-0.1, -0.05) is 44.2 Å². The van der Waals surface area contributed by atoms with Crippen molar-refractivity contribution in [1.29, 1.82) is 0 Å². The van der Waals surface area contributed by atoms with Crippen LogP contribution in [0.2, 0.25) is 0 Å². The summed E-state index contributed by atoms with van der Waals surface area (Å²) in [4.78, 5) is 60.6. The second-order valence-corrected chi connectivity index (χ2v) is 11.3. The van der Waals surface area contributed by atoms with Crippen molar-refractivity contribution in [2.45, 2.75) is 51.7 Å². The largest absolute Gasteiger partial charge is 0.344 e. The third-order valence-electron chi connectivity index (χ3n) is 6.91. The highest BCUT2D eigenvalue weighted by molar-refractivity contribution is 7.98. The molecule has 0 unspecified atom stereocenters. The first-order valence-electron chi connectivity index (χ1n) is 13.7. The average molecular weight is 584 g/mol. The number of aromatic amines is 1. The van der Waals surface area contributed by atoms with Crippen molar-refractivity contribution in [3.8, 4) is 11.4 Å². The predicted molar refractivity (Wildman–Crippen MR) is 155 cm³/mol. The van der Waals surface area contributed by atoms with E-state index < -0.39 is 23.7 Å². The third kappa shape index (κ3) is 7.43. The standard InChI is InChI=1S/C27H37N9O4S/c1-17(2)21-24-30-22(18-9-6-5-7-10-18)33-36(24)15-14-35(26(39)23-31-27(40)34(3)32-23)13-8-11-20(37)28-19(12-16-41-4)25(38)29-21/h5-7,9-10,17,19,21H,8,11-16H2,1-4H3,(H,28,37)(H,29,38)(H,31,32,40)/t19-,21+/m0/s1. The van der Waals surface area contributed by atoms with Gasteiger partial charge in [-0.05, 0) is 30.8 Å². The lowest BCUT2D eigenvalue weighted by Gasteiger charge is -2.27. The number of amides is 3. The Balaban J connectivity index is 1.74. The summed E-state index contributed by atoms with van der Waals surface area (Å²) in [6.07, 6.45) is 2.92. The summed E-state index contributed by atoms with van der Waals surface area (Å²) in [5.41, 5.74) is 0.330. The van der Waals surface area contributed by atoms with E-state index in [0.29, 0.717) is 30.2 Å². The Kier molecular flexibility index (Phi) is 9.97. The van der Waals surface area contributed by atoms with Gasteiger partial charge in [0.1, 0.15) is 6.04 Å². The predicted octanol–water partition coefficient (Wildman–Crippen LogP) is 1.35. The van der Waals surface area contributed by atoms with Crippen LogP contribution >= 0.6 is 11.8 Å². The van der Waals surface area contributed by atoms with E-state index in [0.717, 1.165) is 10.2 Å². The minimum absolute atomic E-state index is 0.0494. The molecule has 220 valence electrons. The van der Waals surface area contributed by atoms with Crippen LogP contribution in [0.1, 0.15) is 55.6 Å². The highest BCUT2D eigenvalue weighted by Gasteiger charge is 2.30. The zero-order valence-corrected chi connectivity index (χ0v) is 24.6. The number of rotatable bonds is 6. The molecule has 2 aromatic heterocycles. The fraction of sp³-hybridized carbons (Fsp3) is 0.519. The highest BCUT2D eigenvalue weighted by atomic mass is 32.2. The van der Waals surface area contributed by atoms with Crippen molar-refractivity contribution in [3.63, 3.8) is 0 Å². The van der Waals surface area contributed by atoms with E-state index in [1.807, 2.05) is 50.4 Å². The lowest BCUT2D eigenvalue weighted by atomic mass is 10.0. The smallest absolute Gasteiger partial charge is 0.343 e. The Hall–Kier alpha value is -3.94. The van der Waals surface area contributed by atoms with Gasteiger partial charge in [-0.15, -0.1) is 5.10 Å². The van der Waals surface area contributed by atoms with Crippen LogP contribution in [-0.4, -0.2) is 83.3 Å². The SMILES string of the molecule is CSCC[C@@H]1NC(=O)CCCN(C(=O)c2nn(C)c(=O)[nH]2)CCn2nc(-c3ccccc3)nc2[C@@H](C(C)C)NC1=O. The fourth-order valence-electron chi connectivity index (χ4n) is 4.62. The molecule has 0 saturated heterocycles. The summed E-state index contributed by atoms with van der Waals surface area (Å²) in [6.45, 7) is 4.71. The van der Waals surface area contributed by atoms with Crippen LogP contribution < -0.4 is 16.3 Å². The highest BCUT2D eigenvalue weighted by Crippen LogP contribution is 2.25. The maximum atomic E-state index is 13.5. The van der Waals surface area contributed by atoms with Gasteiger partial charge >= 0.3 is 5.69 Å². The van der Waals surface area contributed by atoms with Gasteiger partial charge in [-0.3, -0.25) is 19.4 Å². The normalized spacial score (nSPS) is 18.9. The van der Waals surface area contributed by atoms with Crippen molar-refractivity contribution >= 4 is 29.5 Å². The average Bonchev–Trinajstić information content (AvgIpc) is 3.53. The summed E-state index contributed by atoms with van der Waals surface area (Å²) in [5.74, 6) is 0.646. The molecule has 0 radical (unpaired) electrons. The number of hydrogen-bond donors (Lipinski definition) is 3. The zero-order chi connectivity index (χ0) is 29.5. The van der Waals surface area contributed by atoms with Gasteiger partial charge in [0.05, 0.1) is 12.6 Å². The molecule has 0 aliphatic carbocycles. The molecule has 14 heteroatoms. The number of hydrogen-bond acceptors (Lipinski definition) is 8. The molecule has 41 heavy (non-hydrogen) atoms. The Morgan fingerprint density at radius 2 is 1.83 bits per heavy atom. The van der Waals surface area contributed by atoms with E-state index in [4.69, 9.17) is 10.1 Å². The summed E-state index contributed by atoms with van der Waals surface area (Å²) >= 11 is 1.60. The molecule has 1 aliphatic heterocycles. The van der Waals surface area contributed by atoms with Gasteiger partial charge in [0, 0.05) is 32.1 Å². The second kappa shape index (κ2) is 13.6. The summed E-state index contributed by atoms with van der Waals surface area (Å²) < 4.78 is 2.80. The number of nitrogens with one attached hydrogen (secondary N) is 3. The van der Waals surface area contributed by atoms with Crippen molar-refractivity contribution in [2.24, 2.45) is 13.0 Å². The number of carbonyl (C=O) groups excluding carboxylic acids is 3. The van der Waals surface area contributed by atoms with Crippen molar-refractivity contribution in [3.05, 3.63) is 52.5 Å². The minimum Gasteiger partial charge on any atom is -0.344 e. The first kappa shape index (κ1) is 30.0. The van der Waals surface area contributed by atoms with Crippen LogP contribution in [0.3, 0.4) is 0 Å². The van der Waals surface area contributed by atoms with Gasteiger partial charge in [0.15, 0.2) is 11.6 Å². The molecule has 0 bridgehead atoms. The molecule has 0 spiro atoms. The molecule has 0 fully saturated rings. The Morgan fingerprint density at radius 1 is 1.07 bits per heavy atom. The van der Waals surface area contributed by atoms with E-state index >= 15 is 0 Å². The molecule has 1 aliphatic rings. The molecule has 1 aromatic carbocycles. The molecule has 3 aromatic rings. The number of carbonyl (C=O) groups is 3. The minimum atomic E-state index is -0.708. The molecule has 4 rings (SSSR count). The number of H-pyrrole nitrogens is 1. The number of benzene rings is 1. The van der Waals surface area contributed by atoms with Gasteiger partial charge < -0.3 is 15.5 Å². The summed E-state index contributed by atoms with van der Waals surface area (Å²) in [6, 6.07) is 8.33. The maximum Gasteiger partial charge on any atom is 0.343 e. The van der Waals surface area contributed by atoms with Crippen molar-refractivity contribution < 1.29 is 14.4 Å². The molecule has 13 nitrogen and oxygen atoms in total. The van der Waals surface area contributed by atoms with Crippen LogP contribution in [0, 0.1) is 5.92 Å². The zero-order valence-electron chi connectivity index (χ0n) is 23.8. The second-order valence-electron chi connectivity index (χ2n) is 10.3. The summed E-state index contributed by atoms with van der Waals surface area (Å²) in [5, 5.41) is 14.8. The van der Waals surface area contributed by atoms with E-state index in [1.54, 1.807) is 21.3 Å². The number of nitrogens with zero attached hydrogens (tertiary/aromatic N) is 6. The molecule has 3 amide bonds. The van der Waals surface area contributed by atoms with E-state index in [2.05, 4.69) is 20.7 Å². The van der Waals surface area contributed by atoms with Gasteiger partial charge in [0.2, 0.25) is 17.6 Å². The van der Waals surface area contributed by atoms with Crippen LogP contribution in [0.15, 0.2) is 35.1 Å². The van der Waals surface area contributed by atoms with E-state index in [-0.39, 0.29) is 49.6 Å². The van der Waals surface area contributed by atoms with E-state index in [1.165, 1.54) is 7.05 Å². The molecule has 0 saturated carbocycles. The van der Waals surface area contributed by atoms with Gasteiger partial charge in [0.25, 0.3) is 5.91 Å². The maximum absolute atomic E-state index is 13.5. The molecule has 3 heterocycles. The van der Waals surface area contributed by atoms with Crippen LogP contribution in [0.4, 0.5) is 0 Å². The van der Waals surface area contributed by atoms with E-state index in [9.17, 15) is 19.2 Å². The first-order valence-corrected chi connectivity index (χ1v) is 15.1. The van der Waals surface area contributed by atoms with Gasteiger partial charge in [-0.2, -0.15) is 16.9 Å². The lowest BCUT2D eigenvalue weighted by molar-refractivity contribution is -0.129. The fourth-order valence-corrected chi connectivity index (χ4v) is 5.09. The van der Waals surface area contributed by atoms with Gasteiger partial charge in [-0.25, -0.2) is 19.1 Å². The Bertz CT molecular complexity index is 1420.